The first-order valence-electron chi connectivity index (χ1n) is 9.16. The van der Waals surface area contributed by atoms with Crippen LogP contribution in [-0.2, 0) is 4.79 Å². The number of carbonyl (C=O) groups is 1. The molecule has 0 aliphatic carbocycles. The molecule has 0 bridgehead atoms. The van der Waals surface area contributed by atoms with Gasteiger partial charge >= 0.3 is 0 Å². The van der Waals surface area contributed by atoms with Crippen molar-refractivity contribution in [2.45, 2.75) is 13.0 Å². The minimum Gasteiger partial charge on any atom is -0.484 e. The van der Waals surface area contributed by atoms with E-state index in [1.165, 1.54) is 0 Å². The van der Waals surface area contributed by atoms with Crippen LogP contribution in [0, 0.1) is 0 Å². The van der Waals surface area contributed by atoms with Crippen LogP contribution in [0.25, 0.3) is 11.1 Å². The zero-order valence-corrected chi connectivity index (χ0v) is 15.6. The summed E-state index contributed by atoms with van der Waals surface area (Å²) in [4.78, 5) is 12.2. The highest BCUT2D eigenvalue weighted by Gasteiger charge is 2.17. The van der Waals surface area contributed by atoms with Gasteiger partial charge in [0, 0.05) is 0 Å². The molecule has 142 valence electrons. The number of hydrogen-bond donors (Lipinski definition) is 1. The Balaban J connectivity index is 1.30. The lowest BCUT2D eigenvalue weighted by atomic mass is 10.1. The van der Waals surface area contributed by atoms with Gasteiger partial charge in [-0.25, -0.2) is 0 Å². The third kappa shape index (κ3) is 4.09. The number of carbonyl (C=O) groups excluding carboxylic acids is 1. The zero-order chi connectivity index (χ0) is 19.3. The van der Waals surface area contributed by atoms with Gasteiger partial charge < -0.3 is 19.5 Å². The summed E-state index contributed by atoms with van der Waals surface area (Å²) in [6, 6.07) is 23.3. The molecular formula is C23H21NO4. The highest BCUT2D eigenvalue weighted by atomic mass is 16.7. The van der Waals surface area contributed by atoms with E-state index in [4.69, 9.17) is 14.2 Å². The molecule has 3 aromatic rings. The first kappa shape index (κ1) is 17.9. The fourth-order valence-corrected chi connectivity index (χ4v) is 3.07. The lowest BCUT2D eigenvalue weighted by Crippen LogP contribution is -2.31. The van der Waals surface area contributed by atoms with E-state index in [2.05, 4.69) is 17.4 Å². The van der Waals surface area contributed by atoms with Crippen molar-refractivity contribution in [2.75, 3.05) is 13.4 Å². The second kappa shape index (κ2) is 8.05. The summed E-state index contributed by atoms with van der Waals surface area (Å²) in [5.74, 6) is 1.90. The number of fused-ring (bicyclic) bond motifs is 1. The van der Waals surface area contributed by atoms with Gasteiger partial charge in [-0.3, -0.25) is 4.79 Å². The third-order valence-corrected chi connectivity index (χ3v) is 4.61. The van der Waals surface area contributed by atoms with E-state index in [0.29, 0.717) is 11.5 Å². The van der Waals surface area contributed by atoms with Crippen molar-refractivity contribution < 1.29 is 19.0 Å². The Bertz CT molecular complexity index is 954. The lowest BCUT2D eigenvalue weighted by Gasteiger charge is -2.15. The van der Waals surface area contributed by atoms with Crippen LogP contribution in [0.15, 0.2) is 72.8 Å². The summed E-state index contributed by atoms with van der Waals surface area (Å²) >= 11 is 0. The second-order valence-corrected chi connectivity index (χ2v) is 6.58. The van der Waals surface area contributed by atoms with Gasteiger partial charge in [-0.1, -0.05) is 48.5 Å². The fraction of sp³-hybridized carbons (Fsp3) is 0.174. The maximum atomic E-state index is 12.2. The summed E-state index contributed by atoms with van der Waals surface area (Å²) in [5.41, 5.74) is 3.20. The molecule has 0 aromatic heterocycles. The molecule has 0 spiro atoms. The van der Waals surface area contributed by atoms with Crippen molar-refractivity contribution in [3.63, 3.8) is 0 Å². The molecule has 1 aliphatic rings. The number of benzene rings is 3. The summed E-state index contributed by atoms with van der Waals surface area (Å²) < 4.78 is 16.3. The Morgan fingerprint density at radius 2 is 1.68 bits per heavy atom. The Morgan fingerprint density at radius 1 is 0.964 bits per heavy atom. The van der Waals surface area contributed by atoms with Crippen molar-refractivity contribution in [3.8, 4) is 28.4 Å². The van der Waals surface area contributed by atoms with E-state index in [0.717, 1.165) is 22.4 Å². The number of hydrogen-bond acceptors (Lipinski definition) is 4. The topological polar surface area (TPSA) is 56.8 Å². The maximum Gasteiger partial charge on any atom is 0.258 e. The molecule has 5 heteroatoms. The molecule has 1 atom stereocenters. The molecule has 3 aromatic carbocycles. The number of nitrogens with one attached hydrogen (secondary N) is 1. The molecular weight excluding hydrogens is 354 g/mol. The van der Waals surface area contributed by atoms with E-state index < -0.39 is 0 Å². The molecule has 28 heavy (non-hydrogen) atoms. The molecule has 0 fully saturated rings. The van der Waals surface area contributed by atoms with E-state index >= 15 is 0 Å². The quantitative estimate of drug-likeness (QED) is 0.696. The summed E-state index contributed by atoms with van der Waals surface area (Å²) in [5, 5.41) is 2.93. The Morgan fingerprint density at radius 3 is 2.46 bits per heavy atom. The second-order valence-electron chi connectivity index (χ2n) is 6.58. The van der Waals surface area contributed by atoms with Gasteiger partial charge in [0.05, 0.1) is 6.04 Å². The first-order chi connectivity index (χ1) is 13.7. The average Bonchev–Trinajstić information content (AvgIpc) is 3.21. The molecule has 1 aliphatic heterocycles. The fourth-order valence-electron chi connectivity index (χ4n) is 3.07. The van der Waals surface area contributed by atoms with Gasteiger partial charge in [-0.05, 0) is 47.9 Å². The highest BCUT2D eigenvalue weighted by molar-refractivity contribution is 5.78. The SMILES string of the molecule is C[C@H](NC(=O)COc1ccc(-c2ccccc2)cc1)c1ccc2c(c1)OCO2. The van der Waals surface area contributed by atoms with Crippen molar-refractivity contribution >= 4 is 5.91 Å². The molecule has 4 rings (SSSR count). The van der Waals surface area contributed by atoms with Gasteiger partial charge in [0.2, 0.25) is 6.79 Å². The Labute approximate surface area is 163 Å². The van der Waals surface area contributed by atoms with Crippen molar-refractivity contribution in [1.29, 1.82) is 0 Å². The summed E-state index contributed by atoms with van der Waals surface area (Å²) in [6.45, 7) is 2.11. The number of ether oxygens (including phenoxy) is 3. The standard InChI is InChI=1S/C23H21NO4/c1-16(19-9-12-21-22(13-19)28-15-27-21)24-23(25)14-26-20-10-7-18(8-11-20)17-5-3-2-4-6-17/h2-13,16H,14-15H2,1H3,(H,24,25)/t16-/m0/s1. The third-order valence-electron chi connectivity index (χ3n) is 4.61. The predicted molar refractivity (Wildman–Crippen MR) is 106 cm³/mol. The van der Waals surface area contributed by atoms with Crippen LogP contribution in [0.4, 0.5) is 0 Å². The van der Waals surface area contributed by atoms with E-state index in [1.54, 1.807) is 0 Å². The minimum absolute atomic E-state index is 0.0421. The van der Waals surface area contributed by atoms with Crippen molar-refractivity contribution in [3.05, 3.63) is 78.4 Å². The van der Waals surface area contributed by atoms with Crippen LogP contribution in [0.3, 0.4) is 0 Å². The van der Waals surface area contributed by atoms with E-state index in [9.17, 15) is 4.79 Å². The van der Waals surface area contributed by atoms with Gasteiger partial charge in [-0.2, -0.15) is 0 Å². The number of rotatable bonds is 6. The van der Waals surface area contributed by atoms with Gasteiger partial charge in [0.15, 0.2) is 18.1 Å². The summed E-state index contributed by atoms with van der Waals surface area (Å²) in [7, 11) is 0. The lowest BCUT2D eigenvalue weighted by molar-refractivity contribution is -0.123. The van der Waals surface area contributed by atoms with E-state index in [1.807, 2.05) is 67.6 Å². The van der Waals surface area contributed by atoms with Crippen LogP contribution < -0.4 is 19.5 Å². The minimum atomic E-state index is -0.183. The molecule has 1 amide bonds. The maximum absolute atomic E-state index is 12.2. The van der Waals surface area contributed by atoms with Crippen LogP contribution >= 0.6 is 0 Å². The first-order valence-corrected chi connectivity index (χ1v) is 9.16. The smallest absolute Gasteiger partial charge is 0.258 e. The molecule has 0 radical (unpaired) electrons. The van der Waals surface area contributed by atoms with Crippen LogP contribution in [-0.4, -0.2) is 19.3 Å². The van der Waals surface area contributed by atoms with Crippen LogP contribution in [0.2, 0.25) is 0 Å². The van der Waals surface area contributed by atoms with Crippen molar-refractivity contribution in [1.82, 2.24) is 5.32 Å². The molecule has 1 heterocycles. The Kier molecular flexibility index (Phi) is 5.15. The molecule has 0 saturated carbocycles. The van der Waals surface area contributed by atoms with Crippen LogP contribution in [0.1, 0.15) is 18.5 Å². The highest BCUT2D eigenvalue weighted by Crippen LogP contribution is 2.34. The number of amides is 1. The largest absolute Gasteiger partial charge is 0.484 e. The molecule has 1 N–H and O–H groups in total. The van der Waals surface area contributed by atoms with Crippen molar-refractivity contribution in [2.24, 2.45) is 0 Å². The van der Waals surface area contributed by atoms with Crippen LogP contribution in [0.5, 0.6) is 17.2 Å². The average molecular weight is 375 g/mol. The summed E-state index contributed by atoms with van der Waals surface area (Å²) in [6.07, 6.45) is 0. The molecule has 0 unspecified atom stereocenters. The zero-order valence-electron chi connectivity index (χ0n) is 15.6. The van der Waals surface area contributed by atoms with Gasteiger partial charge in [0.1, 0.15) is 5.75 Å². The Hall–Kier alpha value is -3.47. The normalized spacial score (nSPS) is 13.0. The molecule has 5 nitrogen and oxygen atoms in total. The predicted octanol–water partition coefficient (Wildman–Crippen LogP) is 4.34. The van der Waals surface area contributed by atoms with Gasteiger partial charge in [-0.15, -0.1) is 0 Å². The van der Waals surface area contributed by atoms with Gasteiger partial charge in [0.25, 0.3) is 5.91 Å². The molecule has 0 saturated heterocycles. The monoisotopic (exact) mass is 375 g/mol. The van der Waals surface area contributed by atoms with E-state index in [-0.39, 0.29) is 25.3 Å².